The Morgan fingerprint density at radius 1 is 1.44 bits per heavy atom. The van der Waals surface area contributed by atoms with E-state index in [2.05, 4.69) is 23.5 Å². The summed E-state index contributed by atoms with van der Waals surface area (Å²) in [4.78, 5) is 0. The van der Waals surface area contributed by atoms with E-state index < -0.39 is 0 Å². The van der Waals surface area contributed by atoms with Crippen LogP contribution in [0.15, 0.2) is 12.4 Å². The Balaban J connectivity index is 1.90. The molecule has 1 aromatic heterocycles. The number of nitrogens with one attached hydrogen (secondary N) is 1. The van der Waals surface area contributed by atoms with E-state index in [1.54, 1.807) is 0 Å². The molecule has 102 valence electrons. The van der Waals surface area contributed by atoms with Crippen molar-refractivity contribution in [3.63, 3.8) is 0 Å². The molecule has 0 amide bonds. The van der Waals surface area contributed by atoms with Gasteiger partial charge in [-0.25, -0.2) is 0 Å². The van der Waals surface area contributed by atoms with Gasteiger partial charge in [0.05, 0.1) is 6.20 Å². The lowest BCUT2D eigenvalue weighted by molar-refractivity contribution is 0.321. The summed E-state index contributed by atoms with van der Waals surface area (Å²) in [5, 5.41) is 7.90. The van der Waals surface area contributed by atoms with Gasteiger partial charge >= 0.3 is 0 Å². The third-order valence-corrected chi connectivity index (χ3v) is 4.16. The van der Waals surface area contributed by atoms with Crippen molar-refractivity contribution < 1.29 is 0 Å². The maximum absolute atomic E-state index is 4.29. The fourth-order valence-corrected chi connectivity index (χ4v) is 3.18. The van der Waals surface area contributed by atoms with Crippen LogP contribution in [0, 0.1) is 11.8 Å². The molecule has 0 aliphatic heterocycles. The van der Waals surface area contributed by atoms with E-state index in [0.717, 1.165) is 18.4 Å². The zero-order valence-corrected chi connectivity index (χ0v) is 11.9. The van der Waals surface area contributed by atoms with Crippen molar-refractivity contribution in [3.05, 3.63) is 18.0 Å². The number of aromatic nitrogens is 2. The molecule has 0 spiro atoms. The first-order chi connectivity index (χ1) is 8.79. The zero-order valence-electron chi connectivity index (χ0n) is 11.9. The van der Waals surface area contributed by atoms with E-state index >= 15 is 0 Å². The van der Waals surface area contributed by atoms with E-state index in [0.29, 0.717) is 0 Å². The van der Waals surface area contributed by atoms with Crippen molar-refractivity contribution in [3.8, 4) is 0 Å². The highest BCUT2D eigenvalue weighted by Gasteiger charge is 2.25. The summed E-state index contributed by atoms with van der Waals surface area (Å²) in [6.45, 7) is 4.56. The minimum absolute atomic E-state index is 0.795. The van der Waals surface area contributed by atoms with Crippen LogP contribution in [-0.2, 0) is 13.5 Å². The van der Waals surface area contributed by atoms with Gasteiger partial charge in [0.1, 0.15) is 0 Å². The van der Waals surface area contributed by atoms with Gasteiger partial charge in [0.25, 0.3) is 0 Å². The lowest BCUT2D eigenvalue weighted by Gasteiger charge is -2.23. The normalized spacial score (nSPS) is 18.3. The third-order valence-electron chi connectivity index (χ3n) is 4.16. The molecule has 1 saturated carbocycles. The fraction of sp³-hybridized carbons (Fsp3) is 0.800. The third kappa shape index (κ3) is 3.84. The predicted molar refractivity (Wildman–Crippen MR) is 75.5 cm³/mol. The molecule has 3 nitrogen and oxygen atoms in total. The van der Waals surface area contributed by atoms with E-state index in [1.807, 2.05) is 17.9 Å². The van der Waals surface area contributed by atoms with Crippen molar-refractivity contribution in [2.24, 2.45) is 18.9 Å². The van der Waals surface area contributed by atoms with Gasteiger partial charge in [0, 0.05) is 13.2 Å². The number of aryl methyl sites for hydroxylation is 1. The van der Waals surface area contributed by atoms with Gasteiger partial charge in [-0.1, -0.05) is 32.6 Å². The number of hydrogen-bond donors (Lipinski definition) is 1. The monoisotopic (exact) mass is 249 g/mol. The quantitative estimate of drug-likeness (QED) is 0.753. The summed E-state index contributed by atoms with van der Waals surface area (Å²) in [7, 11) is 2.00. The second kappa shape index (κ2) is 6.93. The molecule has 1 N–H and O–H groups in total. The summed E-state index contributed by atoms with van der Waals surface area (Å²) in [6.07, 6.45) is 12.3. The maximum atomic E-state index is 4.29. The van der Waals surface area contributed by atoms with Crippen molar-refractivity contribution in [1.82, 2.24) is 15.1 Å². The maximum Gasteiger partial charge on any atom is 0.0521 e. The first-order valence-electron chi connectivity index (χ1n) is 7.48. The smallest absolute Gasteiger partial charge is 0.0521 e. The van der Waals surface area contributed by atoms with Crippen LogP contribution in [0.3, 0.4) is 0 Å². The summed E-state index contributed by atoms with van der Waals surface area (Å²) in [5.74, 6) is 1.72. The van der Waals surface area contributed by atoms with Crippen LogP contribution in [0.25, 0.3) is 0 Å². The van der Waals surface area contributed by atoms with Crippen LogP contribution in [0.2, 0.25) is 0 Å². The van der Waals surface area contributed by atoms with E-state index in [-0.39, 0.29) is 0 Å². The molecule has 1 fully saturated rings. The first kappa shape index (κ1) is 13.6. The van der Waals surface area contributed by atoms with Crippen molar-refractivity contribution >= 4 is 0 Å². The lowest BCUT2D eigenvalue weighted by atomic mass is 9.86. The van der Waals surface area contributed by atoms with Crippen molar-refractivity contribution in [1.29, 1.82) is 0 Å². The Bertz CT molecular complexity index is 339. The van der Waals surface area contributed by atoms with Gasteiger partial charge in [-0.15, -0.1) is 0 Å². The predicted octanol–water partition coefficient (Wildman–Crippen LogP) is 2.77. The molecule has 0 saturated heterocycles. The Hall–Kier alpha value is -0.830. The summed E-state index contributed by atoms with van der Waals surface area (Å²) in [5.41, 5.74) is 1.40. The van der Waals surface area contributed by atoms with Gasteiger partial charge in [0.15, 0.2) is 0 Å². The van der Waals surface area contributed by atoms with Gasteiger partial charge in [0.2, 0.25) is 0 Å². The Morgan fingerprint density at radius 3 is 2.83 bits per heavy atom. The van der Waals surface area contributed by atoms with Crippen LogP contribution in [-0.4, -0.2) is 22.9 Å². The summed E-state index contributed by atoms with van der Waals surface area (Å²) >= 11 is 0. The number of rotatable bonds is 7. The minimum Gasteiger partial charge on any atom is -0.316 e. The minimum atomic E-state index is 0.795. The first-order valence-corrected chi connectivity index (χ1v) is 7.48. The number of hydrogen-bond acceptors (Lipinski definition) is 2. The average Bonchev–Trinajstić information content (AvgIpc) is 2.99. The van der Waals surface area contributed by atoms with Crippen LogP contribution in [0.4, 0.5) is 0 Å². The number of nitrogens with zero attached hydrogens (tertiary/aromatic N) is 2. The van der Waals surface area contributed by atoms with Gasteiger partial charge in [-0.3, -0.25) is 4.68 Å². The standard InChI is InChI=1S/C15H27N3/c1-3-8-16-11-15(14-6-4-5-7-14)9-13-10-17-18(2)12-13/h10,12,14-16H,3-9,11H2,1-2H3. The summed E-state index contributed by atoms with van der Waals surface area (Å²) in [6, 6.07) is 0. The Labute approximate surface area is 111 Å². The van der Waals surface area contributed by atoms with E-state index in [9.17, 15) is 0 Å². The highest BCUT2D eigenvalue weighted by atomic mass is 15.2. The molecule has 1 aliphatic carbocycles. The van der Waals surface area contributed by atoms with Gasteiger partial charge in [-0.05, 0) is 43.3 Å². The lowest BCUT2D eigenvalue weighted by Crippen LogP contribution is -2.29. The van der Waals surface area contributed by atoms with Crippen LogP contribution < -0.4 is 5.32 Å². The SMILES string of the molecule is CCCNCC(Cc1cnn(C)c1)C1CCCC1. The largest absolute Gasteiger partial charge is 0.316 e. The van der Waals surface area contributed by atoms with Gasteiger partial charge < -0.3 is 5.32 Å². The molecule has 0 bridgehead atoms. The highest BCUT2D eigenvalue weighted by Crippen LogP contribution is 2.32. The molecule has 0 radical (unpaired) electrons. The molecule has 0 aromatic carbocycles. The Kier molecular flexibility index (Phi) is 5.24. The zero-order chi connectivity index (χ0) is 12.8. The van der Waals surface area contributed by atoms with Crippen LogP contribution in [0.1, 0.15) is 44.6 Å². The second-order valence-corrected chi connectivity index (χ2v) is 5.74. The Morgan fingerprint density at radius 2 is 2.22 bits per heavy atom. The molecular formula is C15H27N3. The molecule has 1 aliphatic rings. The molecule has 3 heteroatoms. The highest BCUT2D eigenvalue weighted by molar-refractivity contribution is 5.05. The molecule has 1 aromatic rings. The molecule has 1 heterocycles. The van der Waals surface area contributed by atoms with Crippen LogP contribution in [0.5, 0.6) is 0 Å². The molecule has 1 unspecified atom stereocenters. The molecule has 2 rings (SSSR count). The molecular weight excluding hydrogens is 222 g/mol. The van der Waals surface area contributed by atoms with E-state index in [1.165, 1.54) is 50.6 Å². The van der Waals surface area contributed by atoms with Crippen molar-refractivity contribution in [2.75, 3.05) is 13.1 Å². The average molecular weight is 249 g/mol. The summed E-state index contributed by atoms with van der Waals surface area (Å²) < 4.78 is 1.92. The molecule has 1 atom stereocenters. The molecule has 18 heavy (non-hydrogen) atoms. The van der Waals surface area contributed by atoms with E-state index in [4.69, 9.17) is 0 Å². The van der Waals surface area contributed by atoms with Gasteiger partial charge in [-0.2, -0.15) is 5.10 Å². The fourth-order valence-electron chi connectivity index (χ4n) is 3.18. The second-order valence-electron chi connectivity index (χ2n) is 5.74. The topological polar surface area (TPSA) is 29.9 Å². The van der Waals surface area contributed by atoms with Crippen LogP contribution >= 0.6 is 0 Å². The van der Waals surface area contributed by atoms with Crippen molar-refractivity contribution in [2.45, 2.75) is 45.4 Å².